The minimum Gasteiger partial charge on any atom is -0.463 e. The first-order chi connectivity index (χ1) is 8.83. The number of nitrogens with zero attached hydrogens (tertiary/aromatic N) is 2. The van der Waals surface area contributed by atoms with Crippen LogP contribution >= 0.6 is 11.6 Å². The first kappa shape index (κ1) is 11.0. The highest BCUT2D eigenvalue weighted by atomic mass is 35.5. The van der Waals surface area contributed by atoms with Crippen LogP contribution in [-0.4, -0.2) is 9.97 Å². The van der Waals surface area contributed by atoms with Crippen LogP contribution in [0.3, 0.4) is 0 Å². The van der Waals surface area contributed by atoms with Crippen molar-refractivity contribution in [2.24, 2.45) is 0 Å². The first-order valence-corrected chi connectivity index (χ1v) is 5.84. The van der Waals surface area contributed by atoms with E-state index in [2.05, 4.69) is 9.97 Å². The Morgan fingerprint density at radius 1 is 0.944 bits per heavy atom. The van der Waals surface area contributed by atoms with Gasteiger partial charge in [-0.25, -0.2) is 9.97 Å². The topological polar surface area (TPSA) is 38.9 Å². The van der Waals surface area contributed by atoms with E-state index in [1.165, 1.54) is 0 Å². The average Bonchev–Trinajstić information content (AvgIpc) is 2.93. The Balaban J connectivity index is 2.12. The Morgan fingerprint density at radius 2 is 1.78 bits per heavy atom. The van der Waals surface area contributed by atoms with E-state index in [1.54, 1.807) is 12.3 Å². The number of hydrogen-bond donors (Lipinski definition) is 0. The monoisotopic (exact) mass is 256 g/mol. The molecule has 0 saturated heterocycles. The third-order valence-corrected chi connectivity index (χ3v) is 2.69. The van der Waals surface area contributed by atoms with Crippen molar-refractivity contribution in [3.8, 4) is 22.8 Å². The van der Waals surface area contributed by atoms with E-state index >= 15 is 0 Å². The summed E-state index contributed by atoms with van der Waals surface area (Å²) in [4.78, 5) is 8.68. The van der Waals surface area contributed by atoms with Crippen molar-refractivity contribution in [3.05, 3.63) is 59.9 Å². The quantitative estimate of drug-likeness (QED) is 0.649. The van der Waals surface area contributed by atoms with Crippen LogP contribution in [0, 0.1) is 0 Å². The van der Waals surface area contributed by atoms with Crippen LogP contribution in [0.15, 0.2) is 59.2 Å². The van der Waals surface area contributed by atoms with Gasteiger partial charge in [-0.2, -0.15) is 0 Å². The second-order valence-corrected chi connectivity index (χ2v) is 4.13. The molecule has 88 valence electrons. The molecule has 0 spiro atoms. The average molecular weight is 257 g/mol. The van der Waals surface area contributed by atoms with E-state index in [0.29, 0.717) is 22.4 Å². The SMILES string of the molecule is Clc1cc(-c2ccco2)nc(-c2ccccc2)n1. The molecule has 3 nitrogen and oxygen atoms in total. The minimum absolute atomic E-state index is 0.398. The Labute approximate surface area is 109 Å². The van der Waals surface area contributed by atoms with Crippen LogP contribution in [0.25, 0.3) is 22.8 Å². The Hall–Kier alpha value is -2.13. The van der Waals surface area contributed by atoms with E-state index in [0.717, 1.165) is 5.56 Å². The molecule has 0 aliphatic carbocycles. The molecule has 0 amide bonds. The van der Waals surface area contributed by atoms with Crippen LogP contribution in [0.4, 0.5) is 0 Å². The molecule has 0 N–H and O–H groups in total. The molecule has 0 aliphatic heterocycles. The smallest absolute Gasteiger partial charge is 0.161 e. The lowest BCUT2D eigenvalue weighted by Crippen LogP contribution is -1.92. The summed E-state index contributed by atoms with van der Waals surface area (Å²) < 4.78 is 5.32. The van der Waals surface area contributed by atoms with Gasteiger partial charge in [0.2, 0.25) is 0 Å². The molecule has 0 bridgehead atoms. The molecule has 0 unspecified atom stereocenters. The fraction of sp³-hybridized carbons (Fsp3) is 0. The predicted octanol–water partition coefficient (Wildman–Crippen LogP) is 4.06. The second-order valence-electron chi connectivity index (χ2n) is 3.74. The van der Waals surface area contributed by atoms with Gasteiger partial charge in [-0.3, -0.25) is 0 Å². The number of benzene rings is 1. The lowest BCUT2D eigenvalue weighted by atomic mass is 10.2. The summed E-state index contributed by atoms with van der Waals surface area (Å²) in [5.74, 6) is 1.27. The van der Waals surface area contributed by atoms with Crippen LogP contribution in [0.1, 0.15) is 0 Å². The zero-order chi connectivity index (χ0) is 12.4. The molecule has 0 fully saturated rings. The fourth-order valence-electron chi connectivity index (χ4n) is 1.68. The van der Waals surface area contributed by atoms with Gasteiger partial charge in [-0.15, -0.1) is 0 Å². The molecule has 18 heavy (non-hydrogen) atoms. The van der Waals surface area contributed by atoms with Crippen LogP contribution in [0.5, 0.6) is 0 Å². The van der Waals surface area contributed by atoms with Crippen molar-refractivity contribution in [2.75, 3.05) is 0 Å². The van der Waals surface area contributed by atoms with Crippen molar-refractivity contribution in [1.82, 2.24) is 9.97 Å². The van der Waals surface area contributed by atoms with Gasteiger partial charge in [0, 0.05) is 11.6 Å². The van der Waals surface area contributed by atoms with E-state index in [4.69, 9.17) is 16.0 Å². The van der Waals surface area contributed by atoms with Gasteiger partial charge in [-0.05, 0) is 12.1 Å². The van der Waals surface area contributed by atoms with Crippen molar-refractivity contribution >= 4 is 11.6 Å². The molecule has 0 saturated carbocycles. The lowest BCUT2D eigenvalue weighted by molar-refractivity contribution is 0.580. The standard InChI is InChI=1S/C14H9ClN2O/c15-13-9-11(12-7-4-8-18-12)16-14(17-13)10-5-2-1-3-6-10/h1-9H. The van der Waals surface area contributed by atoms with Gasteiger partial charge in [0.1, 0.15) is 10.8 Å². The molecule has 0 atom stereocenters. The highest BCUT2D eigenvalue weighted by Gasteiger charge is 2.08. The fourth-order valence-corrected chi connectivity index (χ4v) is 1.87. The number of rotatable bonds is 2. The summed E-state index contributed by atoms with van der Waals surface area (Å²) >= 11 is 6.02. The van der Waals surface area contributed by atoms with Crippen molar-refractivity contribution in [3.63, 3.8) is 0 Å². The molecule has 2 heterocycles. The minimum atomic E-state index is 0.398. The van der Waals surface area contributed by atoms with Gasteiger partial charge in [0.05, 0.1) is 6.26 Å². The Bertz CT molecular complexity index is 651. The van der Waals surface area contributed by atoms with Gasteiger partial charge in [0.25, 0.3) is 0 Å². The molecule has 3 aromatic rings. The van der Waals surface area contributed by atoms with Crippen molar-refractivity contribution < 1.29 is 4.42 Å². The Morgan fingerprint density at radius 3 is 2.50 bits per heavy atom. The number of halogens is 1. The summed E-state index contributed by atoms with van der Waals surface area (Å²) in [6.07, 6.45) is 1.60. The summed E-state index contributed by atoms with van der Waals surface area (Å²) in [5, 5.41) is 0.398. The molecule has 2 aromatic heterocycles. The maximum absolute atomic E-state index is 6.02. The molecule has 3 rings (SSSR count). The zero-order valence-electron chi connectivity index (χ0n) is 9.38. The van der Waals surface area contributed by atoms with Gasteiger partial charge < -0.3 is 4.42 Å². The van der Waals surface area contributed by atoms with E-state index in [-0.39, 0.29) is 0 Å². The number of furan rings is 1. The molecule has 4 heteroatoms. The first-order valence-electron chi connectivity index (χ1n) is 5.47. The van der Waals surface area contributed by atoms with Crippen molar-refractivity contribution in [2.45, 2.75) is 0 Å². The molecule has 0 radical (unpaired) electrons. The highest BCUT2D eigenvalue weighted by molar-refractivity contribution is 6.29. The van der Waals surface area contributed by atoms with Gasteiger partial charge in [0.15, 0.2) is 11.6 Å². The van der Waals surface area contributed by atoms with E-state index in [9.17, 15) is 0 Å². The van der Waals surface area contributed by atoms with E-state index in [1.807, 2.05) is 42.5 Å². The van der Waals surface area contributed by atoms with Gasteiger partial charge in [-0.1, -0.05) is 41.9 Å². The lowest BCUT2D eigenvalue weighted by Gasteiger charge is -2.03. The van der Waals surface area contributed by atoms with Gasteiger partial charge >= 0.3 is 0 Å². The highest BCUT2D eigenvalue weighted by Crippen LogP contribution is 2.24. The largest absolute Gasteiger partial charge is 0.463 e. The third-order valence-electron chi connectivity index (χ3n) is 2.50. The maximum atomic E-state index is 6.02. The number of aromatic nitrogens is 2. The van der Waals surface area contributed by atoms with E-state index < -0.39 is 0 Å². The van der Waals surface area contributed by atoms with Crippen LogP contribution in [-0.2, 0) is 0 Å². The molecule has 1 aromatic carbocycles. The van der Waals surface area contributed by atoms with Crippen molar-refractivity contribution in [1.29, 1.82) is 0 Å². The summed E-state index contributed by atoms with van der Waals surface area (Å²) in [6, 6.07) is 15.0. The summed E-state index contributed by atoms with van der Waals surface area (Å²) in [5.41, 5.74) is 1.60. The second kappa shape index (κ2) is 4.63. The molecular formula is C14H9ClN2O. The molecule has 0 aliphatic rings. The Kier molecular flexibility index (Phi) is 2.82. The summed E-state index contributed by atoms with van der Waals surface area (Å²) in [7, 11) is 0. The van der Waals surface area contributed by atoms with Crippen LogP contribution < -0.4 is 0 Å². The normalized spacial score (nSPS) is 10.5. The third kappa shape index (κ3) is 2.13. The predicted molar refractivity (Wildman–Crippen MR) is 70.2 cm³/mol. The summed E-state index contributed by atoms with van der Waals surface area (Å²) in [6.45, 7) is 0. The zero-order valence-corrected chi connectivity index (χ0v) is 10.1. The maximum Gasteiger partial charge on any atom is 0.161 e. The number of hydrogen-bond acceptors (Lipinski definition) is 3. The molecular weight excluding hydrogens is 248 g/mol. The van der Waals surface area contributed by atoms with Crippen LogP contribution in [0.2, 0.25) is 5.15 Å².